The van der Waals surface area contributed by atoms with Crippen molar-refractivity contribution >= 4 is 17.5 Å². The Hall–Kier alpha value is -2.87. The van der Waals surface area contributed by atoms with Crippen LogP contribution in [0, 0.1) is 6.92 Å². The number of benzene rings is 1. The second kappa shape index (κ2) is 7.18. The number of halogens is 2. The number of rotatable bonds is 2. The van der Waals surface area contributed by atoms with Gasteiger partial charge in [0.05, 0.1) is 17.7 Å². The van der Waals surface area contributed by atoms with E-state index >= 15 is 0 Å². The lowest BCUT2D eigenvalue weighted by molar-refractivity contribution is -0.292. The highest BCUT2D eigenvalue weighted by atomic mass is 19.3. The Labute approximate surface area is 167 Å². The summed E-state index contributed by atoms with van der Waals surface area (Å²) in [4.78, 5) is 31.9. The Bertz CT molecular complexity index is 928. The molecule has 4 rings (SSSR count). The average Bonchev–Trinajstić information content (AvgIpc) is 2.72. The van der Waals surface area contributed by atoms with Gasteiger partial charge >= 0.3 is 12.0 Å². The lowest BCUT2D eigenvalue weighted by Gasteiger charge is -2.48. The predicted molar refractivity (Wildman–Crippen MR) is 102 cm³/mol. The molecule has 1 spiro atoms. The highest BCUT2D eigenvalue weighted by Gasteiger charge is 2.57. The number of anilines is 1. The molecule has 0 unspecified atom stereocenters. The number of hydrogen-bond donors (Lipinski definition) is 0. The Kier molecular flexibility index (Phi) is 4.82. The van der Waals surface area contributed by atoms with E-state index in [1.54, 1.807) is 60.5 Å². The minimum atomic E-state index is -3.90. The first-order valence-electron chi connectivity index (χ1n) is 9.47. The van der Waals surface area contributed by atoms with Crippen LogP contribution in [0.1, 0.15) is 28.9 Å². The molecule has 2 aliphatic heterocycles. The third-order valence-corrected chi connectivity index (χ3v) is 5.55. The number of aromatic nitrogens is 1. The molecule has 2 aromatic rings. The van der Waals surface area contributed by atoms with E-state index in [1.807, 2.05) is 0 Å². The molecule has 2 fully saturated rings. The molecule has 0 aliphatic carbocycles. The second-order valence-corrected chi connectivity index (χ2v) is 7.46. The normalized spacial score (nSPS) is 20.7. The van der Waals surface area contributed by atoms with E-state index in [1.165, 1.54) is 0 Å². The molecule has 2 amide bonds. The van der Waals surface area contributed by atoms with Crippen molar-refractivity contribution in [3.05, 3.63) is 59.9 Å². The quantitative estimate of drug-likeness (QED) is 0.776. The molecule has 2 saturated heterocycles. The zero-order chi connectivity index (χ0) is 20.6. The molecule has 2 aliphatic rings. The minimum absolute atomic E-state index is 0.0272. The molecular formula is C21H21F2N3O3. The SMILES string of the molecule is Cc1ncccc1C(=O)N1CCC2(CC1)CN(c1ccccc1)C(=O)C(F)(F)O2. The first-order valence-corrected chi connectivity index (χ1v) is 9.47. The topological polar surface area (TPSA) is 62.7 Å². The van der Waals surface area contributed by atoms with Crippen LogP contribution in [-0.2, 0) is 9.53 Å². The summed E-state index contributed by atoms with van der Waals surface area (Å²) in [6.07, 6.45) is -1.86. The van der Waals surface area contributed by atoms with Crippen LogP contribution in [0.3, 0.4) is 0 Å². The summed E-state index contributed by atoms with van der Waals surface area (Å²) in [6.45, 7) is 2.31. The van der Waals surface area contributed by atoms with Crippen molar-refractivity contribution in [1.29, 1.82) is 0 Å². The van der Waals surface area contributed by atoms with E-state index in [0.717, 1.165) is 4.90 Å². The highest BCUT2D eigenvalue weighted by Crippen LogP contribution is 2.40. The first kappa shape index (κ1) is 19.4. The van der Waals surface area contributed by atoms with Gasteiger partial charge in [-0.15, -0.1) is 0 Å². The number of amides is 2. The van der Waals surface area contributed by atoms with Gasteiger partial charge in [0.15, 0.2) is 0 Å². The van der Waals surface area contributed by atoms with Gasteiger partial charge in [-0.2, -0.15) is 8.78 Å². The van der Waals surface area contributed by atoms with E-state index in [4.69, 9.17) is 4.74 Å². The molecule has 6 nitrogen and oxygen atoms in total. The Balaban J connectivity index is 1.53. The zero-order valence-electron chi connectivity index (χ0n) is 16.0. The maximum atomic E-state index is 14.4. The molecule has 8 heteroatoms. The standard InChI is InChI=1S/C21H21F2N3O3/c1-15-17(8-5-11-24-15)18(27)25-12-9-20(10-13-25)14-26(16-6-3-2-4-7-16)19(28)21(22,23)29-20/h2-8,11H,9-10,12-14H2,1H3. The number of ether oxygens (including phenoxy) is 1. The molecule has 0 atom stereocenters. The van der Waals surface area contributed by atoms with Crippen LogP contribution in [0.25, 0.3) is 0 Å². The Morgan fingerprint density at radius 1 is 1.10 bits per heavy atom. The van der Waals surface area contributed by atoms with Gasteiger partial charge in [-0.05, 0) is 44.0 Å². The van der Waals surface area contributed by atoms with E-state index in [-0.39, 0.29) is 38.4 Å². The average molecular weight is 401 g/mol. The van der Waals surface area contributed by atoms with Crippen molar-refractivity contribution in [2.24, 2.45) is 0 Å². The van der Waals surface area contributed by atoms with Crippen molar-refractivity contribution in [3.63, 3.8) is 0 Å². The predicted octanol–water partition coefficient (Wildman–Crippen LogP) is 3.02. The molecule has 0 N–H and O–H groups in total. The van der Waals surface area contributed by atoms with Crippen LogP contribution >= 0.6 is 0 Å². The molecular weight excluding hydrogens is 380 g/mol. The van der Waals surface area contributed by atoms with Crippen molar-refractivity contribution in [2.75, 3.05) is 24.5 Å². The van der Waals surface area contributed by atoms with Gasteiger partial charge in [-0.3, -0.25) is 14.6 Å². The highest BCUT2D eigenvalue weighted by molar-refractivity contribution is 5.98. The lowest BCUT2D eigenvalue weighted by atomic mass is 9.88. The number of nitrogens with zero attached hydrogens (tertiary/aromatic N) is 3. The van der Waals surface area contributed by atoms with E-state index in [0.29, 0.717) is 16.9 Å². The molecule has 152 valence electrons. The van der Waals surface area contributed by atoms with Gasteiger partial charge in [0.25, 0.3) is 5.91 Å². The summed E-state index contributed by atoms with van der Waals surface area (Å²) >= 11 is 0. The van der Waals surface area contributed by atoms with Crippen LogP contribution in [-0.4, -0.2) is 53.0 Å². The van der Waals surface area contributed by atoms with Gasteiger partial charge in [-0.1, -0.05) is 18.2 Å². The summed E-state index contributed by atoms with van der Waals surface area (Å²) in [6, 6.07) is 11.8. The van der Waals surface area contributed by atoms with Crippen LogP contribution in [0.2, 0.25) is 0 Å². The molecule has 1 aromatic carbocycles. The van der Waals surface area contributed by atoms with E-state index in [9.17, 15) is 18.4 Å². The number of pyridine rings is 1. The number of hydrogen-bond acceptors (Lipinski definition) is 4. The van der Waals surface area contributed by atoms with Gasteiger partial charge in [-0.25, -0.2) is 0 Å². The summed E-state index contributed by atoms with van der Waals surface area (Å²) < 4.78 is 33.9. The summed E-state index contributed by atoms with van der Waals surface area (Å²) in [5.41, 5.74) is 0.330. The molecule has 0 radical (unpaired) electrons. The molecule has 0 bridgehead atoms. The van der Waals surface area contributed by atoms with Gasteiger partial charge in [0, 0.05) is 30.7 Å². The van der Waals surface area contributed by atoms with Gasteiger partial charge < -0.3 is 14.5 Å². The van der Waals surface area contributed by atoms with Crippen LogP contribution < -0.4 is 4.90 Å². The van der Waals surface area contributed by atoms with Gasteiger partial charge in [0.1, 0.15) is 0 Å². The fourth-order valence-electron chi connectivity index (χ4n) is 3.94. The third kappa shape index (κ3) is 3.60. The summed E-state index contributed by atoms with van der Waals surface area (Å²) in [5.74, 6) is -1.54. The number of likely N-dealkylation sites (tertiary alicyclic amines) is 1. The zero-order valence-corrected chi connectivity index (χ0v) is 16.0. The van der Waals surface area contributed by atoms with Crippen molar-refractivity contribution in [3.8, 4) is 0 Å². The van der Waals surface area contributed by atoms with E-state index < -0.39 is 17.6 Å². The fraction of sp³-hybridized carbons (Fsp3) is 0.381. The number of carbonyl (C=O) groups is 2. The summed E-state index contributed by atoms with van der Waals surface area (Å²) in [5, 5.41) is 0. The Morgan fingerprint density at radius 2 is 1.79 bits per heavy atom. The molecule has 0 saturated carbocycles. The van der Waals surface area contributed by atoms with Crippen LogP contribution in [0.4, 0.5) is 14.5 Å². The van der Waals surface area contributed by atoms with E-state index in [2.05, 4.69) is 4.98 Å². The molecule has 29 heavy (non-hydrogen) atoms. The third-order valence-electron chi connectivity index (χ3n) is 5.55. The maximum Gasteiger partial charge on any atom is 0.437 e. The van der Waals surface area contributed by atoms with Crippen molar-refractivity contribution in [1.82, 2.24) is 9.88 Å². The minimum Gasteiger partial charge on any atom is -0.338 e. The summed E-state index contributed by atoms with van der Waals surface area (Å²) in [7, 11) is 0. The van der Waals surface area contributed by atoms with Crippen LogP contribution in [0.5, 0.6) is 0 Å². The second-order valence-electron chi connectivity index (χ2n) is 7.46. The number of piperidine rings is 1. The van der Waals surface area contributed by atoms with Gasteiger partial charge in [0.2, 0.25) is 0 Å². The first-order chi connectivity index (χ1) is 13.8. The van der Waals surface area contributed by atoms with Crippen molar-refractivity contribution in [2.45, 2.75) is 31.5 Å². The maximum absolute atomic E-state index is 14.4. The smallest absolute Gasteiger partial charge is 0.338 e. The largest absolute Gasteiger partial charge is 0.437 e. The van der Waals surface area contributed by atoms with Crippen molar-refractivity contribution < 1.29 is 23.1 Å². The number of carbonyl (C=O) groups excluding carboxylic acids is 2. The monoisotopic (exact) mass is 401 g/mol. The number of alkyl halides is 2. The van der Waals surface area contributed by atoms with Crippen LogP contribution in [0.15, 0.2) is 48.7 Å². The Morgan fingerprint density at radius 3 is 2.45 bits per heavy atom. The number of aryl methyl sites for hydroxylation is 1. The fourth-order valence-corrected chi connectivity index (χ4v) is 3.94. The number of para-hydroxylation sites is 1. The lowest BCUT2D eigenvalue weighted by Crippen LogP contribution is -2.65. The molecule has 3 heterocycles. The number of morpholine rings is 1. The molecule has 1 aromatic heterocycles.